The van der Waals surface area contributed by atoms with E-state index in [1.54, 1.807) is 13.8 Å². The zero-order chi connectivity index (χ0) is 28.6. The molecule has 2 amide bonds. The molecule has 0 aliphatic rings. The normalized spacial score (nSPS) is 10.1. The van der Waals surface area contributed by atoms with Gasteiger partial charge in [0, 0.05) is 24.2 Å². The Hall–Kier alpha value is -4.78. The lowest BCUT2D eigenvalue weighted by Crippen LogP contribution is -2.22. The van der Waals surface area contributed by atoms with Crippen molar-refractivity contribution in [1.29, 1.82) is 0 Å². The number of carbonyl (C=O) groups is 6. The predicted octanol–water partition coefficient (Wildman–Crippen LogP) is 2.00. The van der Waals surface area contributed by atoms with E-state index in [4.69, 9.17) is 23.7 Å². The fourth-order valence-electron chi connectivity index (χ4n) is 2.64. The number of hydrogen-bond donors (Lipinski definition) is 2. The van der Waals surface area contributed by atoms with E-state index in [-0.39, 0.29) is 24.3 Å². The fourth-order valence-corrected chi connectivity index (χ4v) is 2.64. The maximum atomic E-state index is 11.9. The van der Waals surface area contributed by atoms with Crippen LogP contribution in [0.15, 0.2) is 48.5 Å². The van der Waals surface area contributed by atoms with Gasteiger partial charge in [-0.3, -0.25) is 19.2 Å². The van der Waals surface area contributed by atoms with Gasteiger partial charge in [0.25, 0.3) is 11.8 Å². The van der Waals surface area contributed by atoms with Gasteiger partial charge in [-0.1, -0.05) is 13.8 Å². The maximum Gasteiger partial charge on any atom is 0.337 e. The molecule has 2 rings (SSSR count). The summed E-state index contributed by atoms with van der Waals surface area (Å²) in [6, 6.07) is 11.7. The molecule has 2 aromatic rings. The molecule has 0 saturated carbocycles. The summed E-state index contributed by atoms with van der Waals surface area (Å²) in [5.41, 5.74) is 0.804. The predicted molar refractivity (Wildman–Crippen MR) is 135 cm³/mol. The lowest BCUT2D eigenvalue weighted by molar-refractivity contribution is -0.147. The summed E-state index contributed by atoms with van der Waals surface area (Å²) in [5.74, 6) is -3.20. The highest BCUT2D eigenvalue weighted by Gasteiger charge is 2.11. The molecule has 13 nitrogen and oxygen atoms in total. The van der Waals surface area contributed by atoms with E-state index in [1.807, 2.05) is 0 Å². The molecule has 39 heavy (non-hydrogen) atoms. The first kappa shape index (κ1) is 30.4. The number of benzene rings is 2. The molecule has 0 saturated heterocycles. The van der Waals surface area contributed by atoms with Crippen molar-refractivity contribution in [2.24, 2.45) is 0 Å². The number of carbonyl (C=O) groups excluding carboxylic acids is 6. The van der Waals surface area contributed by atoms with Gasteiger partial charge in [0.1, 0.15) is 24.7 Å². The third-order valence-electron chi connectivity index (χ3n) is 4.49. The molecule has 0 spiro atoms. The topological polar surface area (TPSA) is 173 Å². The molecule has 0 aliphatic carbocycles. The second-order valence-electron chi connectivity index (χ2n) is 7.61. The van der Waals surface area contributed by atoms with Gasteiger partial charge in [0.2, 0.25) is 0 Å². The number of amides is 2. The molecule has 0 radical (unpaired) electrons. The van der Waals surface area contributed by atoms with Gasteiger partial charge in [-0.05, 0) is 48.5 Å². The lowest BCUT2D eigenvalue weighted by Gasteiger charge is -2.09. The fraction of sp³-hybridized carbons (Fsp3) is 0.308. The minimum absolute atomic E-state index is 0.163. The highest BCUT2D eigenvalue weighted by atomic mass is 16.6. The van der Waals surface area contributed by atoms with E-state index in [1.165, 1.54) is 48.5 Å². The van der Waals surface area contributed by atoms with Crippen molar-refractivity contribution in [3.8, 4) is 11.5 Å². The van der Waals surface area contributed by atoms with Gasteiger partial charge in [0.05, 0.1) is 0 Å². The molecular weight excluding hydrogens is 516 g/mol. The number of ether oxygens (including phenoxy) is 5. The second-order valence-corrected chi connectivity index (χ2v) is 7.61. The van der Waals surface area contributed by atoms with E-state index < -0.39 is 62.1 Å². The zero-order valence-electron chi connectivity index (χ0n) is 21.4. The minimum atomic E-state index is -0.768. The molecule has 0 heterocycles. The first-order chi connectivity index (χ1) is 18.7. The van der Waals surface area contributed by atoms with E-state index in [0.717, 1.165) is 0 Å². The van der Waals surface area contributed by atoms with Crippen LogP contribution in [0.1, 0.15) is 26.7 Å². The Morgan fingerprint density at radius 1 is 0.538 bits per heavy atom. The Morgan fingerprint density at radius 2 is 0.897 bits per heavy atom. The van der Waals surface area contributed by atoms with Crippen LogP contribution < -0.4 is 20.1 Å². The highest BCUT2D eigenvalue weighted by Crippen LogP contribution is 2.17. The minimum Gasteiger partial charge on any atom is -0.456 e. The second kappa shape index (κ2) is 16.1. The number of nitrogens with one attached hydrogen (secondary N) is 2. The smallest absolute Gasteiger partial charge is 0.337 e. The number of rotatable bonds is 14. The summed E-state index contributed by atoms with van der Waals surface area (Å²) >= 11 is 0. The van der Waals surface area contributed by atoms with Crippen molar-refractivity contribution >= 4 is 47.1 Å². The molecule has 0 fully saturated rings. The summed E-state index contributed by atoms with van der Waals surface area (Å²) < 4.78 is 24.7. The quantitative estimate of drug-likeness (QED) is 0.263. The van der Waals surface area contributed by atoms with Crippen LogP contribution in [0.3, 0.4) is 0 Å². The Kier molecular flexibility index (Phi) is 12.6. The molecular formula is C26H28N2O11. The molecule has 13 heteroatoms. The van der Waals surface area contributed by atoms with Crippen LogP contribution >= 0.6 is 0 Å². The summed E-state index contributed by atoms with van der Waals surface area (Å²) in [6.07, 6.45) is 0.326. The van der Waals surface area contributed by atoms with Crippen molar-refractivity contribution in [2.75, 3.05) is 37.1 Å². The Bertz CT molecular complexity index is 1070. The van der Waals surface area contributed by atoms with Gasteiger partial charge in [0.15, 0.2) is 13.2 Å². The van der Waals surface area contributed by atoms with Crippen LogP contribution in [0, 0.1) is 0 Å². The van der Waals surface area contributed by atoms with E-state index >= 15 is 0 Å². The van der Waals surface area contributed by atoms with Crippen LogP contribution in [0.4, 0.5) is 11.4 Å². The largest absolute Gasteiger partial charge is 0.456 e. The van der Waals surface area contributed by atoms with E-state index in [0.29, 0.717) is 11.4 Å². The molecule has 2 aromatic carbocycles. The third kappa shape index (κ3) is 12.3. The van der Waals surface area contributed by atoms with Crippen molar-refractivity contribution in [2.45, 2.75) is 26.7 Å². The van der Waals surface area contributed by atoms with Crippen LogP contribution in [-0.2, 0) is 43.0 Å². The summed E-state index contributed by atoms with van der Waals surface area (Å²) in [4.78, 5) is 69.5. The number of anilines is 2. The average Bonchev–Trinajstić information content (AvgIpc) is 2.92. The first-order valence-corrected chi connectivity index (χ1v) is 11.8. The highest BCUT2D eigenvalue weighted by molar-refractivity contribution is 5.93. The number of hydrogen-bond acceptors (Lipinski definition) is 11. The summed E-state index contributed by atoms with van der Waals surface area (Å²) in [7, 11) is 0. The molecule has 208 valence electrons. The monoisotopic (exact) mass is 544 g/mol. The third-order valence-corrected chi connectivity index (χ3v) is 4.49. The molecule has 2 N–H and O–H groups in total. The van der Waals surface area contributed by atoms with Crippen LogP contribution in [0.25, 0.3) is 0 Å². The Morgan fingerprint density at radius 3 is 1.23 bits per heavy atom. The van der Waals surface area contributed by atoms with Gasteiger partial charge in [-0.2, -0.15) is 0 Å². The van der Waals surface area contributed by atoms with Gasteiger partial charge >= 0.3 is 23.9 Å². The van der Waals surface area contributed by atoms with Crippen molar-refractivity contribution in [1.82, 2.24) is 0 Å². The zero-order valence-corrected chi connectivity index (χ0v) is 21.4. The summed E-state index contributed by atoms with van der Waals surface area (Å²) in [6.45, 7) is 1.36. The van der Waals surface area contributed by atoms with Gasteiger partial charge < -0.3 is 34.3 Å². The van der Waals surface area contributed by atoms with Gasteiger partial charge in [-0.25, -0.2) is 9.59 Å². The molecule has 0 bridgehead atoms. The SMILES string of the molecule is CCC(=O)OCC(=O)Nc1ccc(OC(=O)COCC(=O)Oc2ccc(NC(=O)COC(=O)CC)cc2)cc1. The lowest BCUT2D eigenvalue weighted by atomic mass is 10.3. The van der Waals surface area contributed by atoms with Crippen LogP contribution in [-0.4, -0.2) is 62.1 Å². The standard InChI is InChI=1S/C26H28N2O11/c1-3-23(31)36-13-21(29)27-17-5-9-19(10-6-17)38-25(33)15-35-16-26(34)39-20-11-7-18(8-12-20)28-22(30)14-37-24(32)4-2/h5-12H,3-4,13-16H2,1-2H3,(H,27,29)(H,28,30). The summed E-state index contributed by atoms with van der Waals surface area (Å²) in [5, 5.41) is 5.05. The maximum absolute atomic E-state index is 11.9. The van der Waals surface area contributed by atoms with Crippen molar-refractivity contribution in [3.05, 3.63) is 48.5 Å². The van der Waals surface area contributed by atoms with Crippen molar-refractivity contribution in [3.63, 3.8) is 0 Å². The van der Waals surface area contributed by atoms with Gasteiger partial charge in [-0.15, -0.1) is 0 Å². The average molecular weight is 545 g/mol. The van der Waals surface area contributed by atoms with Crippen LogP contribution in [0.2, 0.25) is 0 Å². The Balaban J connectivity index is 1.67. The van der Waals surface area contributed by atoms with E-state index in [2.05, 4.69) is 10.6 Å². The molecule has 0 aromatic heterocycles. The van der Waals surface area contributed by atoms with E-state index in [9.17, 15) is 28.8 Å². The first-order valence-electron chi connectivity index (χ1n) is 11.8. The Labute approximate surface area is 223 Å². The number of esters is 4. The molecule has 0 unspecified atom stereocenters. The van der Waals surface area contributed by atoms with Crippen LogP contribution in [0.5, 0.6) is 11.5 Å². The molecule has 0 aliphatic heterocycles. The molecule has 0 atom stereocenters. The van der Waals surface area contributed by atoms with Crippen molar-refractivity contribution < 1.29 is 52.5 Å².